The Labute approximate surface area is 210 Å². The lowest BCUT2D eigenvalue weighted by atomic mass is 9.71. The van der Waals surface area contributed by atoms with E-state index in [1.807, 2.05) is 6.07 Å². The summed E-state index contributed by atoms with van der Waals surface area (Å²) in [6, 6.07) is -3.94. The molecule has 9 nitrogen and oxygen atoms in total. The first-order valence-electron chi connectivity index (χ1n) is 12.2. The van der Waals surface area contributed by atoms with Crippen molar-refractivity contribution in [3.8, 4) is 6.07 Å². The van der Waals surface area contributed by atoms with E-state index in [0.717, 1.165) is 4.90 Å². The Hall–Kier alpha value is -2.98. The molecule has 2 bridgehead atoms. The van der Waals surface area contributed by atoms with Crippen molar-refractivity contribution >= 4 is 23.6 Å². The number of fused-ring (bicyclic) bond motifs is 3. The zero-order chi connectivity index (χ0) is 27.7. The monoisotopic (exact) mass is 535 g/mol. The number of carbonyl (C=O) groups is 4. The van der Waals surface area contributed by atoms with Crippen molar-refractivity contribution in [1.82, 2.24) is 20.9 Å². The van der Waals surface area contributed by atoms with Gasteiger partial charge < -0.3 is 20.9 Å². The van der Waals surface area contributed by atoms with E-state index < -0.39 is 72.2 Å². The Morgan fingerprint density at radius 1 is 1.19 bits per heavy atom. The predicted octanol–water partition coefficient (Wildman–Crippen LogP) is 1.63. The van der Waals surface area contributed by atoms with E-state index in [0.29, 0.717) is 13.0 Å². The van der Waals surface area contributed by atoms with Gasteiger partial charge in [0.2, 0.25) is 17.7 Å². The van der Waals surface area contributed by atoms with Crippen molar-refractivity contribution in [2.24, 2.45) is 17.8 Å². The maximum Gasteiger partial charge on any atom is 0.471 e. The Morgan fingerprint density at radius 3 is 2.38 bits per heavy atom. The minimum absolute atomic E-state index is 0.0587. The van der Waals surface area contributed by atoms with E-state index >= 15 is 0 Å². The fourth-order valence-electron chi connectivity index (χ4n) is 5.49. The minimum atomic E-state index is -5.27. The first-order chi connectivity index (χ1) is 17.2. The van der Waals surface area contributed by atoms with Crippen molar-refractivity contribution in [3.05, 3.63) is 0 Å². The Bertz CT molecular complexity index is 966. The first kappa shape index (κ1) is 28.6. The van der Waals surface area contributed by atoms with Crippen LogP contribution in [0.4, 0.5) is 22.0 Å². The number of hydrogen-bond acceptors (Lipinski definition) is 5. The highest BCUT2D eigenvalue weighted by atomic mass is 19.4. The van der Waals surface area contributed by atoms with Gasteiger partial charge in [-0.05, 0) is 38.0 Å². The van der Waals surface area contributed by atoms with Gasteiger partial charge in [-0.2, -0.15) is 18.4 Å². The third-order valence-corrected chi connectivity index (χ3v) is 7.18. The Kier molecular flexibility index (Phi) is 8.34. The molecule has 3 heterocycles. The third-order valence-electron chi connectivity index (χ3n) is 7.18. The highest BCUT2D eigenvalue weighted by Gasteiger charge is 2.61. The van der Waals surface area contributed by atoms with Crippen LogP contribution in [0.15, 0.2) is 0 Å². The smallest absolute Gasteiger partial charge is 0.356 e. The summed E-state index contributed by atoms with van der Waals surface area (Å²) < 4.78 is 68.5. The van der Waals surface area contributed by atoms with E-state index in [1.165, 1.54) is 0 Å². The summed E-state index contributed by atoms with van der Waals surface area (Å²) >= 11 is 0. The number of carbonyl (C=O) groups excluding carboxylic acids is 4. The van der Waals surface area contributed by atoms with E-state index in [4.69, 9.17) is 0 Å². The Balaban J connectivity index is 1.87. The van der Waals surface area contributed by atoms with E-state index in [2.05, 4.69) is 10.6 Å². The third kappa shape index (κ3) is 6.30. The van der Waals surface area contributed by atoms with Gasteiger partial charge in [0.25, 0.3) is 5.92 Å². The molecule has 3 saturated heterocycles. The van der Waals surface area contributed by atoms with Crippen molar-refractivity contribution in [2.45, 2.75) is 88.6 Å². The quantitative estimate of drug-likeness (QED) is 0.407. The highest BCUT2D eigenvalue weighted by molar-refractivity contribution is 5.94. The molecule has 3 aliphatic heterocycles. The van der Waals surface area contributed by atoms with Crippen LogP contribution in [-0.2, 0) is 19.2 Å². The number of nitriles is 1. The van der Waals surface area contributed by atoms with Crippen LogP contribution in [0, 0.1) is 29.1 Å². The molecule has 1 saturated carbocycles. The number of hydrogen-bond donors (Lipinski definition) is 3. The summed E-state index contributed by atoms with van der Waals surface area (Å²) in [5.74, 6) is -10.6. The van der Waals surface area contributed by atoms with Crippen molar-refractivity contribution in [2.75, 3.05) is 6.54 Å². The lowest BCUT2D eigenvalue weighted by Gasteiger charge is -2.54. The van der Waals surface area contributed by atoms with E-state index in [1.54, 1.807) is 19.2 Å². The van der Waals surface area contributed by atoms with Gasteiger partial charge in [0.05, 0.1) is 12.0 Å². The topological polar surface area (TPSA) is 131 Å². The average Bonchev–Trinajstić information content (AvgIpc) is 3.19. The van der Waals surface area contributed by atoms with Crippen LogP contribution in [0.2, 0.25) is 0 Å². The molecule has 4 rings (SSSR count). The molecule has 0 unspecified atom stereocenters. The van der Waals surface area contributed by atoms with Gasteiger partial charge in [-0.15, -0.1) is 0 Å². The van der Waals surface area contributed by atoms with Gasteiger partial charge in [-0.1, -0.05) is 13.8 Å². The van der Waals surface area contributed by atoms with Gasteiger partial charge in [-0.25, -0.2) is 8.78 Å². The van der Waals surface area contributed by atoms with Gasteiger partial charge in [0.1, 0.15) is 18.1 Å². The van der Waals surface area contributed by atoms with Crippen LogP contribution in [0.1, 0.15) is 52.4 Å². The van der Waals surface area contributed by atoms with Crippen LogP contribution in [0.25, 0.3) is 0 Å². The molecule has 1 aliphatic carbocycles. The molecular formula is C23H30F5N5O4. The van der Waals surface area contributed by atoms with Crippen LogP contribution >= 0.6 is 0 Å². The molecule has 4 amide bonds. The number of alkyl halides is 5. The average molecular weight is 536 g/mol. The molecule has 0 aromatic heterocycles. The summed E-state index contributed by atoms with van der Waals surface area (Å²) in [5, 5.41) is 16.1. The predicted molar refractivity (Wildman–Crippen MR) is 117 cm³/mol. The SMILES string of the molecule is CC(C)C[C@H](NC(=O)C(F)(F)F)C(=O)N1[C@H]2CC[C@@H]([C@@H]1C(=O)N[C@H](C#N)C[C@H]1CCNC1=O)C(F)(F)C2. The number of piperidine rings is 2. The van der Waals surface area contributed by atoms with Crippen molar-refractivity contribution < 1.29 is 41.1 Å². The largest absolute Gasteiger partial charge is 0.471 e. The zero-order valence-corrected chi connectivity index (χ0v) is 20.4. The molecular weight excluding hydrogens is 505 g/mol. The molecule has 0 radical (unpaired) electrons. The molecule has 4 fully saturated rings. The molecule has 206 valence electrons. The van der Waals surface area contributed by atoms with E-state index in [9.17, 15) is 46.4 Å². The molecule has 6 atom stereocenters. The number of nitrogens with one attached hydrogen (secondary N) is 3. The van der Waals surface area contributed by atoms with Crippen LogP contribution in [0.3, 0.4) is 0 Å². The second-order valence-corrected chi connectivity index (χ2v) is 10.3. The van der Waals surface area contributed by atoms with Crippen molar-refractivity contribution in [3.63, 3.8) is 0 Å². The van der Waals surface area contributed by atoms with Crippen LogP contribution in [0.5, 0.6) is 0 Å². The molecule has 0 spiro atoms. The number of nitrogens with zero attached hydrogens (tertiary/aromatic N) is 2. The normalized spacial score (nSPS) is 28.3. The van der Waals surface area contributed by atoms with Crippen LogP contribution < -0.4 is 16.0 Å². The lowest BCUT2D eigenvalue weighted by molar-refractivity contribution is -0.196. The Morgan fingerprint density at radius 2 is 1.86 bits per heavy atom. The number of amides is 4. The molecule has 3 N–H and O–H groups in total. The summed E-state index contributed by atoms with van der Waals surface area (Å²) in [6.45, 7) is 3.62. The van der Waals surface area contributed by atoms with Crippen molar-refractivity contribution in [1.29, 1.82) is 5.26 Å². The highest BCUT2D eigenvalue weighted by Crippen LogP contribution is 2.49. The minimum Gasteiger partial charge on any atom is -0.356 e. The second-order valence-electron chi connectivity index (χ2n) is 10.3. The standard InChI is InChI=1S/C23H30F5N5O4/c1-11(2)7-16(32-21(37)23(26,27)28)20(36)33-14-3-4-15(22(24,25)9-14)17(33)19(35)31-13(10-29)8-12-5-6-30-18(12)34/h11-17H,3-9H2,1-2H3,(H,30,34)(H,31,35)(H,32,37)/t12-,13+,14+,15+,16+,17-/m1/s1. The molecule has 37 heavy (non-hydrogen) atoms. The lowest BCUT2D eigenvalue weighted by Crippen LogP contribution is -2.71. The number of halogens is 5. The summed E-state index contributed by atoms with van der Waals surface area (Å²) in [5.41, 5.74) is 0. The molecule has 14 heteroatoms. The molecule has 0 aromatic carbocycles. The molecule has 4 aliphatic rings. The number of rotatable bonds is 8. The first-order valence-corrected chi connectivity index (χ1v) is 12.2. The zero-order valence-electron chi connectivity index (χ0n) is 20.4. The van der Waals surface area contributed by atoms with Gasteiger partial charge in [0.15, 0.2) is 0 Å². The summed E-state index contributed by atoms with van der Waals surface area (Å²) in [7, 11) is 0. The van der Waals surface area contributed by atoms with Gasteiger partial charge in [-0.3, -0.25) is 19.2 Å². The maximum absolute atomic E-state index is 14.9. The summed E-state index contributed by atoms with van der Waals surface area (Å²) in [4.78, 5) is 51.1. The molecule has 0 aromatic rings. The maximum atomic E-state index is 14.9. The summed E-state index contributed by atoms with van der Waals surface area (Å²) in [6.07, 6.45) is -5.87. The van der Waals surface area contributed by atoms with Crippen LogP contribution in [-0.4, -0.2) is 71.3 Å². The fourth-order valence-corrected chi connectivity index (χ4v) is 5.49. The van der Waals surface area contributed by atoms with Gasteiger partial charge in [0, 0.05) is 24.9 Å². The fraction of sp³-hybridized carbons (Fsp3) is 0.783. The van der Waals surface area contributed by atoms with E-state index in [-0.39, 0.29) is 37.5 Å². The second kappa shape index (κ2) is 10.8. The van der Waals surface area contributed by atoms with Gasteiger partial charge >= 0.3 is 12.1 Å².